The van der Waals surface area contributed by atoms with Gasteiger partial charge in [0.2, 0.25) is 11.8 Å². The summed E-state index contributed by atoms with van der Waals surface area (Å²) in [6.45, 7) is 5.32. The molecule has 0 aromatic heterocycles. The average molecular weight is 458 g/mol. The van der Waals surface area contributed by atoms with Gasteiger partial charge in [-0.25, -0.2) is 12.7 Å². The number of nitrogens with zero attached hydrogens (tertiary/aromatic N) is 2. The number of nitrogens with one attached hydrogen (secondary N) is 1. The van der Waals surface area contributed by atoms with Crippen LogP contribution < -0.4 is 5.32 Å². The summed E-state index contributed by atoms with van der Waals surface area (Å²) in [7, 11) is -4.13. The average Bonchev–Trinajstić information content (AvgIpc) is 2.96. The maximum Gasteiger partial charge on any atom is 0.269 e. The Morgan fingerprint density at radius 1 is 1.06 bits per heavy atom. The highest BCUT2D eigenvalue weighted by Crippen LogP contribution is 2.30. The van der Waals surface area contributed by atoms with Gasteiger partial charge in [0.25, 0.3) is 15.9 Å². The van der Waals surface area contributed by atoms with Gasteiger partial charge in [0, 0.05) is 13.1 Å². The molecule has 0 fully saturated rings. The molecule has 8 nitrogen and oxygen atoms in total. The number of amides is 3. The summed E-state index contributed by atoms with van der Waals surface area (Å²) in [6.07, 6.45) is 0.338. The van der Waals surface area contributed by atoms with Crippen LogP contribution in [0.4, 0.5) is 0 Å². The van der Waals surface area contributed by atoms with Crippen LogP contribution in [-0.2, 0) is 26.2 Å². The van der Waals surface area contributed by atoms with Gasteiger partial charge >= 0.3 is 0 Å². The molecule has 0 aliphatic carbocycles. The van der Waals surface area contributed by atoms with Gasteiger partial charge < -0.3 is 10.2 Å². The number of benzene rings is 2. The molecule has 0 radical (unpaired) electrons. The molecule has 3 amide bonds. The highest BCUT2D eigenvalue weighted by Gasteiger charge is 2.43. The van der Waals surface area contributed by atoms with E-state index in [0.717, 1.165) is 11.1 Å². The van der Waals surface area contributed by atoms with Gasteiger partial charge in [0.1, 0.15) is 17.5 Å². The number of sulfonamides is 1. The minimum absolute atomic E-state index is 0.0431. The third-order valence-corrected chi connectivity index (χ3v) is 7.32. The second kappa shape index (κ2) is 9.52. The fourth-order valence-corrected chi connectivity index (χ4v) is 5.30. The van der Waals surface area contributed by atoms with E-state index in [9.17, 15) is 22.8 Å². The first kappa shape index (κ1) is 23.5. The molecular weight excluding hydrogens is 430 g/mol. The van der Waals surface area contributed by atoms with Gasteiger partial charge in [-0.15, -0.1) is 0 Å². The lowest BCUT2D eigenvalue weighted by molar-refractivity contribution is -0.141. The second-order valence-electron chi connectivity index (χ2n) is 7.58. The maximum atomic E-state index is 13.4. The number of fused-ring (bicyclic) bond motifs is 1. The van der Waals surface area contributed by atoms with Crippen molar-refractivity contribution >= 4 is 27.7 Å². The van der Waals surface area contributed by atoms with E-state index in [0.29, 0.717) is 17.3 Å². The summed E-state index contributed by atoms with van der Waals surface area (Å²) in [6, 6.07) is 12.5. The van der Waals surface area contributed by atoms with Crippen molar-refractivity contribution in [3.05, 3.63) is 65.2 Å². The Morgan fingerprint density at radius 2 is 1.72 bits per heavy atom. The molecule has 1 atom stereocenters. The lowest BCUT2D eigenvalue weighted by Crippen LogP contribution is -2.52. The van der Waals surface area contributed by atoms with Crippen LogP contribution in [-0.4, -0.2) is 54.5 Å². The van der Waals surface area contributed by atoms with Crippen LogP contribution >= 0.6 is 0 Å². The molecule has 1 aliphatic heterocycles. The Hall–Kier alpha value is -3.20. The van der Waals surface area contributed by atoms with Crippen molar-refractivity contribution in [2.45, 2.75) is 44.7 Å². The van der Waals surface area contributed by atoms with Crippen molar-refractivity contribution < 1.29 is 22.8 Å². The van der Waals surface area contributed by atoms with Gasteiger partial charge in [-0.3, -0.25) is 14.4 Å². The van der Waals surface area contributed by atoms with E-state index in [4.69, 9.17) is 0 Å². The quantitative estimate of drug-likeness (QED) is 0.654. The lowest BCUT2D eigenvalue weighted by atomic mass is 10.1. The minimum atomic E-state index is -4.13. The Bertz CT molecular complexity index is 1150. The number of carbonyl (C=O) groups is 3. The molecule has 1 N–H and O–H groups in total. The number of aryl methyl sites for hydroxylation is 1. The summed E-state index contributed by atoms with van der Waals surface area (Å²) in [5, 5.41) is 2.73. The molecule has 1 aliphatic rings. The largest absolute Gasteiger partial charge is 0.355 e. The summed E-state index contributed by atoms with van der Waals surface area (Å²) in [5.74, 6) is -1.68. The van der Waals surface area contributed by atoms with Crippen LogP contribution in [0.2, 0.25) is 0 Å². The molecule has 3 rings (SSSR count). The predicted molar refractivity (Wildman–Crippen MR) is 119 cm³/mol. The molecular formula is C23H27N3O5S. The van der Waals surface area contributed by atoms with Gasteiger partial charge in [-0.05, 0) is 43.5 Å². The Kier molecular flexibility index (Phi) is 6.98. The zero-order valence-electron chi connectivity index (χ0n) is 18.4. The van der Waals surface area contributed by atoms with Crippen LogP contribution in [0.25, 0.3) is 0 Å². The molecule has 0 bridgehead atoms. The normalized spacial score (nSPS) is 15.2. The molecule has 0 unspecified atom stereocenters. The van der Waals surface area contributed by atoms with Gasteiger partial charge in [0.15, 0.2) is 0 Å². The fourth-order valence-electron chi connectivity index (χ4n) is 3.78. The van der Waals surface area contributed by atoms with E-state index in [-0.39, 0.29) is 22.9 Å². The molecule has 2 aromatic carbocycles. The summed E-state index contributed by atoms with van der Waals surface area (Å²) >= 11 is 0. The van der Waals surface area contributed by atoms with Crippen LogP contribution in [0.3, 0.4) is 0 Å². The van der Waals surface area contributed by atoms with Gasteiger partial charge in [-0.2, -0.15) is 0 Å². The van der Waals surface area contributed by atoms with Crippen LogP contribution in [0.1, 0.15) is 41.8 Å². The van der Waals surface area contributed by atoms with Crippen LogP contribution in [0.5, 0.6) is 0 Å². The first-order valence-corrected chi connectivity index (χ1v) is 11.9. The monoisotopic (exact) mass is 457 g/mol. The third kappa shape index (κ3) is 4.38. The Balaban J connectivity index is 1.94. The first-order chi connectivity index (χ1) is 15.2. The van der Waals surface area contributed by atoms with E-state index < -0.39 is 34.4 Å². The van der Waals surface area contributed by atoms with Crippen molar-refractivity contribution in [1.82, 2.24) is 14.5 Å². The number of hydrogen-bond donors (Lipinski definition) is 1. The van der Waals surface area contributed by atoms with E-state index in [1.807, 2.05) is 31.2 Å². The highest BCUT2D eigenvalue weighted by atomic mass is 32.2. The van der Waals surface area contributed by atoms with Crippen molar-refractivity contribution in [1.29, 1.82) is 0 Å². The number of rotatable bonds is 8. The van der Waals surface area contributed by atoms with Crippen molar-refractivity contribution in [2.75, 3.05) is 13.1 Å². The van der Waals surface area contributed by atoms with Gasteiger partial charge in [-0.1, -0.05) is 43.3 Å². The third-order valence-electron chi connectivity index (χ3n) is 5.53. The standard InChI is InChI=1S/C23H27N3O5S/c1-4-19(22(28)24-5-2)25(14-17-11-7-6-10-16(17)3)21(27)15-26-23(29)18-12-8-9-13-20(18)32(26,30)31/h6-13,19H,4-5,14-15H2,1-3H3,(H,24,28)/t19-/m0/s1. The first-order valence-electron chi connectivity index (χ1n) is 10.5. The predicted octanol–water partition coefficient (Wildman–Crippen LogP) is 2.08. The number of hydrogen-bond acceptors (Lipinski definition) is 5. The molecule has 2 aromatic rings. The van der Waals surface area contributed by atoms with Crippen LogP contribution in [0.15, 0.2) is 53.4 Å². The molecule has 0 saturated carbocycles. The van der Waals surface area contributed by atoms with Crippen molar-refractivity contribution in [3.63, 3.8) is 0 Å². The molecule has 170 valence electrons. The summed E-state index contributed by atoms with van der Waals surface area (Å²) in [4.78, 5) is 40.1. The van der Waals surface area contributed by atoms with E-state index in [2.05, 4.69) is 5.32 Å². The molecule has 9 heteroatoms. The maximum absolute atomic E-state index is 13.4. The topological polar surface area (TPSA) is 104 Å². The molecule has 1 heterocycles. The van der Waals surface area contributed by atoms with Crippen molar-refractivity contribution in [2.24, 2.45) is 0 Å². The second-order valence-corrected chi connectivity index (χ2v) is 9.41. The molecule has 32 heavy (non-hydrogen) atoms. The van der Waals surface area contributed by atoms with E-state index in [1.54, 1.807) is 19.9 Å². The van der Waals surface area contributed by atoms with E-state index >= 15 is 0 Å². The van der Waals surface area contributed by atoms with Gasteiger partial charge in [0.05, 0.1) is 5.56 Å². The zero-order valence-corrected chi connectivity index (χ0v) is 19.2. The SMILES string of the molecule is CCNC(=O)[C@H](CC)N(Cc1ccccc1C)C(=O)CN1C(=O)c2ccccc2S1(=O)=O. The number of carbonyl (C=O) groups excluding carboxylic acids is 3. The number of likely N-dealkylation sites (N-methyl/N-ethyl adjacent to an activating group) is 1. The Morgan fingerprint density at radius 3 is 2.34 bits per heavy atom. The summed E-state index contributed by atoms with van der Waals surface area (Å²) in [5.41, 5.74) is 1.82. The molecule has 0 saturated heterocycles. The molecule has 0 spiro atoms. The fraction of sp³-hybridized carbons (Fsp3) is 0.348. The minimum Gasteiger partial charge on any atom is -0.355 e. The van der Waals surface area contributed by atoms with E-state index in [1.165, 1.54) is 23.1 Å². The summed E-state index contributed by atoms with van der Waals surface area (Å²) < 4.78 is 26.4. The zero-order chi connectivity index (χ0) is 23.5. The smallest absolute Gasteiger partial charge is 0.269 e. The highest BCUT2D eigenvalue weighted by molar-refractivity contribution is 7.90. The van der Waals surface area contributed by atoms with Crippen molar-refractivity contribution in [3.8, 4) is 0 Å². The Labute approximate surface area is 188 Å². The lowest BCUT2D eigenvalue weighted by Gasteiger charge is -2.32. The van der Waals surface area contributed by atoms with Crippen LogP contribution in [0, 0.1) is 6.92 Å².